The summed E-state index contributed by atoms with van der Waals surface area (Å²) >= 11 is 3.30. The van der Waals surface area contributed by atoms with E-state index in [1.165, 1.54) is 0 Å². The molecule has 0 unspecified atom stereocenters. The lowest BCUT2D eigenvalue weighted by atomic mass is 10.1. The zero-order valence-electron chi connectivity index (χ0n) is 8.90. The van der Waals surface area contributed by atoms with Crippen molar-refractivity contribution in [1.29, 1.82) is 0 Å². The Morgan fingerprint density at radius 3 is 2.56 bits per heavy atom. The van der Waals surface area contributed by atoms with Crippen LogP contribution in [0, 0.1) is 6.92 Å². The second kappa shape index (κ2) is 5.98. The van der Waals surface area contributed by atoms with E-state index in [0.29, 0.717) is 10.0 Å². The summed E-state index contributed by atoms with van der Waals surface area (Å²) in [5.41, 5.74) is 1.53. The van der Waals surface area contributed by atoms with Crippen molar-refractivity contribution in [1.82, 2.24) is 5.32 Å². The number of aryl methyl sites for hydroxylation is 1. The number of hydrogen-bond acceptors (Lipinski definition) is 3. The molecule has 0 aromatic heterocycles. The molecule has 0 heterocycles. The number of hydrogen-bond donors (Lipinski definition) is 3. The number of halogens is 1. The third-order valence-corrected chi connectivity index (χ3v) is 2.80. The normalized spacial score (nSPS) is 10.6. The first-order chi connectivity index (χ1) is 7.58. The molecule has 4 nitrogen and oxygen atoms in total. The first-order valence-electron chi connectivity index (χ1n) is 4.87. The molecule has 1 aromatic carbocycles. The molecule has 0 radical (unpaired) electrons. The molecule has 0 aliphatic carbocycles. The van der Waals surface area contributed by atoms with Gasteiger partial charge in [0.1, 0.15) is 0 Å². The minimum Gasteiger partial charge on any atom is -0.394 e. The van der Waals surface area contributed by atoms with Crippen LogP contribution in [-0.4, -0.2) is 35.4 Å². The van der Waals surface area contributed by atoms with Gasteiger partial charge in [-0.15, -0.1) is 0 Å². The molecule has 0 atom stereocenters. The van der Waals surface area contributed by atoms with Crippen molar-refractivity contribution < 1.29 is 15.0 Å². The van der Waals surface area contributed by atoms with E-state index in [2.05, 4.69) is 21.2 Å². The van der Waals surface area contributed by atoms with E-state index in [1.54, 1.807) is 6.07 Å². The van der Waals surface area contributed by atoms with Gasteiger partial charge in [0.25, 0.3) is 5.91 Å². The minimum absolute atomic E-state index is 0.286. The van der Waals surface area contributed by atoms with E-state index in [4.69, 9.17) is 10.2 Å². The number of nitrogens with one attached hydrogen (secondary N) is 1. The number of benzene rings is 1. The van der Waals surface area contributed by atoms with E-state index >= 15 is 0 Å². The third kappa shape index (κ3) is 3.30. The molecule has 0 bridgehead atoms. The fourth-order valence-corrected chi connectivity index (χ4v) is 1.89. The summed E-state index contributed by atoms with van der Waals surface area (Å²) in [6.07, 6.45) is 0. The molecular formula is C11H14BrNO3. The largest absolute Gasteiger partial charge is 0.394 e. The molecule has 0 aliphatic heterocycles. The molecule has 0 fully saturated rings. The van der Waals surface area contributed by atoms with Crippen molar-refractivity contribution in [2.24, 2.45) is 0 Å². The topological polar surface area (TPSA) is 69.6 Å². The van der Waals surface area contributed by atoms with Gasteiger partial charge in [-0.3, -0.25) is 4.79 Å². The minimum atomic E-state index is -0.624. The summed E-state index contributed by atoms with van der Waals surface area (Å²) in [7, 11) is 0. The molecular weight excluding hydrogens is 274 g/mol. The zero-order valence-corrected chi connectivity index (χ0v) is 10.5. The van der Waals surface area contributed by atoms with Gasteiger partial charge in [0.05, 0.1) is 24.8 Å². The molecule has 0 aliphatic rings. The Bertz CT molecular complexity index is 377. The molecule has 0 saturated heterocycles. The van der Waals surface area contributed by atoms with Gasteiger partial charge in [0.2, 0.25) is 0 Å². The van der Waals surface area contributed by atoms with Gasteiger partial charge in [-0.1, -0.05) is 6.07 Å². The number of carbonyl (C=O) groups excluding carboxylic acids is 1. The summed E-state index contributed by atoms with van der Waals surface area (Å²) in [6.45, 7) is 1.36. The maximum absolute atomic E-state index is 11.7. The summed E-state index contributed by atoms with van der Waals surface area (Å²) in [4.78, 5) is 11.7. The average molecular weight is 288 g/mol. The predicted octanol–water partition coefficient (Wildman–Crippen LogP) is 0.841. The van der Waals surface area contributed by atoms with Crippen molar-refractivity contribution >= 4 is 21.8 Å². The highest BCUT2D eigenvalue weighted by Gasteiger charge is 2.14. The Morgan fingerprint density at radius 2 is 2.06 bits per heavy atom. The van der Waals surface area contributed by atoms with Crippen LogP contribution in [0.2, 0.25) is 0 Å². The van der Waals surface area contributed by atoms with E-state index in [0.717, 1.165) is 5.56 Å². The van der Waals surface area contributed by atoms with Crippen LogP contribution in [0.4, 0.5) is 0 Å². The molecule has 1 aromatic rings. The van der Waals surface area contributed by atoms with Crippen molar-refractivity contribution in [3.63, 3.8) is 0 Å². The molecule has 1 rings (SSSR count). The second-order valence-electron chi connectivity index (χ2n) is 3.52. The van der Waals surface area contributed by atoms with Crippen LogP contribution in [-0.2, 0) is 0 Å². The van der Waals surface area contributed by atoms with Gasteiger partial charge in [-0.2, -0.15) is 0 Å². The number of amides is 1. The maximum Gasteiger partial charge on any atom is 0.252 e. The summed E-state index contributed by atoms with van der Waals surface area (Å²) in [5.74, 6) is -0.319. The lowest BCUT2D eigenvalue weighted by Crippen LogP contribution is -2.40. The highest BCUT2D eigenvalue weighted by Crippen LogP contribution is 2.18. The van der Waals surface area contributed by atoms with E-state index in [1.807, 2.05) is 19.1 Å². The van der Waals surface area contributed by atoms with Gasteiger partial charge in [-0.05, 0) is 40.5 Å². The smallest absolute Gasteiger partial charge is 0.252 e. The molecule has 0 saturated carbocycles. The van der Waals surface area contributed by atoms with Crippen LogP contribution in [0.5, 0.6) is 0 Å². The summed E-state index contributed by atoms with van der Waals surface area (Å²) in [6, 6.07) is 4.73. The Balaban J connectivity index is 2.80. The van der Waals surface area contributed by atoms with E-state index in [-0.39, 0.29) is 19.1 Å². The Hall–Kier alpha value is -0.910. The quantitative estimate of drug-likeness (QED) is 0.769. The van der Waals surface area contributed by atoms with Gasteiger partial charge >= 0.3 is 0 Å². The average Bonchev–Trinajstić information content (AvgIpc) is 2.25. The lowest BCUT2D eigenvalue weighted by Gasteiger charge is -2.14. The lowest BCUT2D eigenvalue weighted by molar-refractivity contribution is 0.0878. The van der Waals surface area contributed by atoms with Crippen LogP contribution in [0.25, 0.3) is 0 Å². The molecule has 1 amide bonds. The fourth-order valence-electron chi connectivity index (χ4n) is 1.22. The Labute approximate surface area is 102 Å². The standard InChI is InChI=1S/C11H14BrNO3/c1-7-2-3-9(10(12)4-7)11(16)13-8(5-14)6-15/h2-4,8,14-15H,5-6H2,1H3,(H,13,16). The van der Waals surface area contributed by atoms with Crippen LogP contribution in [0.15, 0.2) is 22.7 Å². The van der Waals surface area contributed by atoms with Crippen LogP contribution >= 0.6 is 15.9 Å². The van der Waals surface area contributed by atoms with Crippen molar-refractivity contribution in [2.75, 3.05) is 13.2 Å². The Morgan fingerprint density at radius 1 is 1.44 bits per heavy atom. The van der Waals surface area contributed by atoms with Crippen LogP contribution < -0.4 is 5.32 Å². The maximum atomic E-state index is 11.7. The van der Waals surface area contributed by atoms with Gasteiger partial charge in [0, 0.05) is 4.47 Å². The second-order valence-corrected chi connectivity index (χ2v) is 4.37. The third-order valence-electron chi connectivity index (χ3n) is 2.15. The van der Waals surface area contributed by atoms with Crippen LogP contribution in [0.3, 0.4) is 0 Å². The number of aliphatic hydroxyl groups excluding tert-OH is 2. The van der Waals surface area contributed by atoms with Crippen molar-refractivity contribution in [3.05, 3.63) is 33.8 Å². The first-order valence-corrected chi connectivity index (χ1v) is 5.66. The monoisotopic (exact) mass is 287 g/mol. The molecule has 16 heavy (non-hydrogen) atoms. The zero-order chi connectivity index (χ0) is 12.1. The summed E-state index contributed by atoms with van der Waals surface area (Å²) < 4.78 is 0.694. The number of carbonyl (C=O) groups is 1. The SMILES string of the molecule is Cc1ccc(C(=O)NC(CO)CO)c(Br)c1. The molecule has 3 N–H and O–H groups in total. The summed E-state index contributed by atoms with van der Waals surface area (Å²) in [5, 5.41) is 20.2. The van der Waals surface area contributed by atoms with Gasteiger partial charge < -0.3 is 15.5 Å². The van der Waals surface area contributed by atoms with Crippen molar-refractivity contribution in [3.8, 4) is 0 Å². The highest BCUT2D eigenvalue weighted by molar-refractivity contribution is 9.10. The van der Waals surface area contributed by atoms with Crippen LogP contribution in [0.1, 0.15) is 15.9 Å². The Kier molecular flexibility index (Phi) is 4.92. The molecule has 5 heteroatoms. The molecule has 88 valence electrons. The predicted molar refractivity (Wildman–Crippen MR) is 64.3 cm³/mol. The van der Waals surface area contributed by atoms with E-state index in [9.17, 15) is 4.79 Å². The van der Waals surface area contributed by atoms with E-state index < -0.39 is 6.04 Å². The molecule has 0 spiro atoms. The number of aliphatic hydroxyl groups is 2. The van der Waals surface area contributed by atoms with Crippen molar-refractivity contribution in [2.45, 2.75) is 13.0 Å². The number of rotatable bonds is 4. The van der Waals surface area contributed by atoms with Gasteiger partial charge in [0.15, 0.2) is 0 Å². The first kappa shape index (κ1) is 13.2. The highest BCUT2D eigenvalue weighted by atomic mass is 79.9. The fraction of sp³-hybridized carbons (Fsp3) is 0.364. The van der Waals surface area contributed by atoms with Gasteiger partial charge in [-0.25, -0.2) is 0 Å².